The molecule has 19 heavy (non-hydrogen) atoms. The van der Waals surface area contributed by atoms with Crippen molar-refractivity contribution in [3.05, 3.63) is 30.1 Å². The third-order valence-electron chi connectivity index (χ3n) is 3.11. The smallest absolute Gasteiger partial charge is 0.242 e. The molecule has 0 aromatic carbocycles. The third kappa shape index (κ3) is 4.31. The van der Waals surface area contributed by atoms with Gasteiger partial charge in [0.05, 0.1) is 5.54 Å². The van der Waals surface area contributed by atoms with Gasteiger partial charge < -0.3 is 10.2 Å². The molecule has 4 heteroatoms. The van der Waals surface area contributed by atoms with Crippen LogP contribution < -0.4 is 5.32 Å². The van der Waals surface area contributed by atoms with Crippen LogP contribution in [0.25, 0.3) is 0 Å². The van der Waals surface area contributed by atoms with Crippen LogP contribution in [0.1, 0.15) is 40.2 Å². The quantitative estimate of drug-likeness (QED) is 0.856. The van der Waals surface area contributed by atoms with Crippen LogP contribution in [0.4, 0.5) is 0 Å². The molecule has 0 spiro atoms. The zero-order valence-electron chi connectivity index (χ0n) is 12.6. The Balaban J connectivity index is 2.86. The Bertz CT molecular complexity index is 401. The van der Waals surface area contributed by atoms with Gasteiger partial charge in [-0.15, -0.1) is 0 Å². The lowest BCUT2D eigenvalue weighted by atomic mass is 10.0. The average Bonchev–Trinajstić information content (AvgIpc) is 2.36. The number of pyridine rings is 1. The van der Waals surface area contributed by atoms with Crippen LogP contribution in [0, 0.1) is 0 Å². The molecule has 1 aromatic rings. The predicted molar refractivity (Wildman–Crippen MR) is 77.7 cm³/mol. The number of carbonyl (C=O) groups excluding carboxylic acids is 1. The van der Waals surface area contributed by atoms with Crippen molar-refractivity contribution in [1.29, 1.82) is 0 Å². The maximum absolute atomic E-state index is 12.6. The maximum Gasteiger partial charge on any atom is 0.242 e. The Hall–Kier alpha value is -1.42. The van der Waals surface area contributed by atoms with Gasteiger partial charge in [-0.25, -0.2) is 0 Å². The molecule has 0 atom stereocenters. The number of hydrogen-bond acceptors (Lipinski definition) is 3. The van der Waals surface area contributed by atoms with E-state index in [0.717, 1.165) is 12.1 Å². The number of hydrogen-bond donors (Lipinski definition) is 1. The highest BCUT2D eigenvalue weighted by atomic mass is 16.2. The van der Waals surface area contributed by atoms with Gasteiger partial charge >= 0.3 is 0 Å². The first-order valence-corrected chi connectivity index (χ1v) is 6.83. The van der Waals surface area contributed by atoms with Crippen molar-refractivity contribution >= 4 is 5.91 Å². The molecule has 106 valence electrons. The van der Waals surface area contributed by atoms with Crippen molar-refractivity contribution < 1.29 is 4.79 Å². The summed E-state index contributed by atoms with van der Waals surface area (Å²) in [5.41, 5.74) is 0.512. The molecule has 0 fully saturated rings. The maximum atomic E-state index is 12.6. The molecule has 1 heterocycles. The van der Waals surface area contributed by atoms with E-state index in [4.69, 9.17) is 0 Å². The summed E-state index contributed by atoms with van der Waals surface area (Å²) in [7, 11) is 0. The minimum absolute atomic E-state index is 0.119. The van der Waals surface area contributed by atoms with Crippen molar-refractivity contribution in [2.45, 2.75) is 52.7 Å². The van der Waals surface area contributed by atoms with E-state index in [1.165, 1.54) is 0 Å². The van der Waals surface area contributed by atoms with Crippen molar-refractivity contribution in [3.8, 4) is 0 Å². The van der Waals surface area contributed by atoms with E-state index in [1.807, 2.05) is 57.8 Å². The summed E-state index contributed by atoms with van der Waals surface area (Å²) < 4.78 is 0. The number of likely N-dealkylation sites (N-methyl/N-ethyl adjacent to an activating group) is 1. The minimum Gasteiger partial charge on any atom is -0.334 e. The number of carbonyl (C=O) groups is 1. The molecule has 0 unspecified atom stereocenters. The topological polar surface area (TPSA) is 45.2 Å². The normalized spacial score (nSPS) is 11.7. The lowest BCUT2D eigenvalue weighted by Crippen LogP contribution is -2.55. The van der Waals surface area contributed by atoms with Gasteiger partial charge in [0.2, 0.25) is 5.91 Å². The summed E-state index contributed by atoms with van der Waals surface area (Å²) in [5.74, 6) is 0.119. The van der Waals surface area contributed by atoms with Gasteiger partial charge in [0.1, 0.15) is 0 Å². The van der Waals surface area contributed by atoms with E-state index >= 15 is 0 Å². The molecule has 0 aliphatic rings. The van der Waals surface area contributed by atoms with E-state index in [2.05, 4.69) is 10.3 Å². The van der Waals surface area contributed by atoms with Crippen LogP contribution >= 0.6 is 0 Å². The SMILES string of the molecule is CCNC(C)(C)C(=O)N(Cc1cccnc1)C(C)C. The zero-order valence-corrected chi connectivity index (χ0v) is 12.6. The van der Waals surface area contributed by atoms with Crippen molar-refractivity contribution in [2.75, 3.05) is 6.54 Å². The van der Waals surface area contributed by atoms with Crippen LogP contribution in [0.2, 0.25) is 0 Å². The molecule has 0 bridgehead atoms. The van der Waals surface area contributed by atoms with Gasteiger partial charge in [-0.05, 0) is 45.9 Å². The number of aromatic nitrogens is 1. The van der Waals surface area contributed by atoms with Crippen LogP contribution in [0.3, 0.4) is 0 Å². The van der Waals surface area contributed by atoms with E-state index in [1.54, 1.807) is 6.20 Å². The number of nitrogens with one attached hydrogen (secondary N) is 1. The van der Waals surface area contributed by atoms with Gasteiger partial charge in [-0.3, -0.25) is 9.78 Å². The van der Waals surface area contributed by atoms with Crippen LogP contribution in [-0.2, 0) is 11.3 Å². The minimum atomic E-state index is -0.540. The van der Waals surface area contributed by atoms with E-state index in [9.17, 15) is 4.79 Å². The van der Waals surface area contributed by atoms with Crippen molar-refractivity contribution in [1.82, 2.24) is 15.2 Å². The molecule has 1 aromatic heterocycles. The fraction of sp³-hybridized carbons (Fsp3) is 0.600. The van der Waals surface area contributed by atoms with Crippen LogP contribution in [-0.4, -0.2) is 33.9 Å². The molecule has 0 aliphatic carbocycles. The zero-order chi connectivity index (χ0) is 14.5. The standard InChI is InChI=1S/C15H25N3O/c1-6-17-15(4,5)14(19)18(12(2)3)11-13-8-7-9-16-10-13/h7-10,12,17H,6,11H2,1-5H3. The van der Waals surface area contributed by atoms with Gasteiger partial charge in [0, 0.05) is 25.0 Å². The first-order valence-electron chi connectivity index (χ1n) is 6.83. The second-order valence-electron chi connectivity index (χ2n) is 5.54. The van der Waals surface area contributed by atoms with E-state index in [-0.39, 0.29) is 11.9 Å². The average molecular weight is 263 g/mol. The molecular weight excluding hydrogens is 238 g/mol. The fourth-order valence-electron chi connectivity index (χ4n) is 2.05. The third-order valence-corrected chi connectivity index (χ3v) is 3.11. The highest BCUT2D eigenvalue weighted by Crippen LogP contribution is 2.14. The molecule has 0 radical (unpaired) electrons. The van der Waals surface area contributed by atoms with Gasteiger partial charge in [-0.1, -0.05) is 13.0 Å². The molecule has 1 amide bonds. The van der Waals surface area contributed by atoms with Crippen LogP contribution in [0.15, 0.2) is 24.5 Å². The summed E-state index contributed by atoms with van der Waals surface area (Å²) in [6, 6.07) is 4.05. The molecule has 0 saturated carbocycles. The summed E-state index contributed by atoms with van der Waals surface area (Å²) in [5, 5.41) is 3.24. The molecule has 1 rings (SSSR count). The summed E-state index contributed by atoms with van der Waals surface area (Å²) in [4.78, 5) is 18.6. The Morgan fingerprint density at radius 2 is 2.16 bits per heavy atom. The fourth-order valence-corrected chi connectivity index (χ4v) is 2.05. The summed E-state index contributed by atoms with van der Waals surface area (Å²) in [6.45, 7) is 11.3. The lowest BCUT2D eigenvalue weighted by molar-refractivity contribution is -0.139. The largest absolute Gasteiger partial charge is 0.334 e. The Kier molecular flexibility index (Phi) is 5.48. The van der Waals surface area contributed by atoms with Crippen LogP contribution in [0.5, 0.6) is 0 Å². The first-order chi connectivity index (χ1) is 8.88. The number of nitrogens with zero attached hydrogens (tertiary/aromatic N) is 2. The van der Waals surface area contributed by atoms with E-state index < -0.39 is 5.54 Å². The Morgan fingerprint density at radius 1 is 1.47 bits per heavy atom. The monoisotopic (exact) mass is 263 g/mol. The molecule has 0 aliphatic heterocycles. The lowest BCUT2D eigenvalue weighted by Gasteiger charge is -2.35. The number of amides is 1. The molecular formula is C15H25N3O. The Labute approximate surface area is 116 Å². The predicted octanol–water partition coefficient (Wildman–Crippen LogP) is 2.21. The highest BCUT2D eigenvalue weighted by Gasteiger charge is 2.32. The molecule has 0 saturated heterocycles. The number of rotatable bonds is 6. The second kappa shape index (κ2) is 6.66. The van der Waals surface area contributed by atoms with Gasteiger partial charge in [0.15, 0.2) is 0 Å². The first kappa shape index (κ1) is 15.6. The van der Waals surface area contributed by atoms with Crippen molar-refractivity contribution in [3.63, 3.8) is 0 Å². The van der Waals surface area contributed by atoms with E-state index in [0.29, 0.717) is 6.54 Å². The van der Waals surface area contributed by atoms with Gasteiger partial charge in [0.25, 0.3) is 0 Å². The molecule has 4 nitrogen and oxygen atoms in total. The molecule has 1 N–H and O–H groups in total. The van der Waals surface area contributed by atoms with Crippen molar-refractivity contribution in [2.24, 2.45) is 0 Å². The summed E-state index contributed by atoms with van der Waals surface area (Å²) in [6.07, 6.45) is 3.55. The highest BCUT2D eigenvalue weighted by molar-refractivity contribution is 5.85. The Morgan fingerprint density at radius 3 is 2.63 bits per heavy atom. The second-order valence-corrected chi connectivity index (χ2v) is 5.54. The summed E-state index contributed by atoms with van der Waals surface area (Å²) >= 11 is 0. The van der Waals surface area contributed by atoms with Gasteiger partial charge in [-0.2, -0.15) is 0 Å².